The molecule has 0 fully saturated rings. The average molecular weight is 378 g/mol. The second-order valence-electron chi connectivity index (χ2n) is 7.07. The number of fused-ring (bicyclic) bond motifs is 1. The van der Waals surface area contributed by atoms with Gasteiger partial charge in [0.15, 0.2) is 0 Å². The Morgan fingerprint density at radius 3 is 2.85 bits per heavy atom. The number of aromatic nitrogens is 1. The number of pyridine rings is 1. The van der Waals surface area contributed by atoms with Gasteiger partial charge in [-0.15, -0.1) is 0 Å². The molecule has 0 radical (unpaired) electrons. The molecule has 0 bridgehead atoms. The number of halogens is 1. The molecule has 0 spiro atoms. The SMILES string of the molecule is CC(C)Oc1nc(Cl)ccc1NC(=O)c1coc2c1C(=O)NC(C)(C)C2. The molecule has 0 atom stereocenters. The third kappa shape index (κ3) is 3.67. The fraction of sp³-hybridized carbons (Fsp3) is 0.389. The van der Waals surface area contributed by atoms with Crippen LogP contribution in [0.25, 0.3) is 0 Å². The number of nitrogens with one attached hydrogen (secondary N) is 2. The molecule has 2 aromatic rings. The Hall–Kier alpha value is -2.54. The number of ether oxygens (including phenoxy) is 1. The van der Waals surface area contributed by atoms with Crippen LogP contribution < -0.4 is 15.4 Å². The molecule has 0 unspecified atom stereocenters. The highest BCUT2D eigenvalue weighted by atomic mass is 35.5. The molecule has 3 heterocycles. The van der Waals surface area contributed by atoms with Gasteiger partial charge in [0.05, 0.1) is 17.2 Å². The number of rotatable bonds is 4. The van der Waals surface area contributed by atoms with E-state index in [-0.39, 0.29) is 34.2 Å². The fourth-order valence-corrected chi connectivity index (χ4v) is 2.92. The Labute approximate surface area is 156 Å². The summed E-state index contributed by atoms with van der Waals surface area (Å²) >= 11 is 5.91. The Morgan fingerprint density at radius 1 is 1.42 bits per heavy atom. The van der Waals surface area contributed by atoms with Gasteiger partial charge in [0, 0.05) is 12.0 Å². The van der Waals surface area contributed by atoms with Crippen molar-refractivity contribution >= 4 is 29.1 Å². The first-order valence-electron chi connectivity index (χ1n) is 8.24. The van der Waals surface area contributed by atoms with Gasteiger partial charge in [-0.2, -0.15) is 4.98 Å². The van der Waals surface area contributed by atoms with Crippen molar-refractivity contribution in [1.29, 1.82) is 0 Å². The van der Waals surface area contributed by atoms with Crippen LogP contribution in [-0.4, -0.2) is 28.4 Å². The van der Waals surface area contributed by atoms with E-state index in [4.69, 9.17) is 20.8 Å². The van der Waals surface area contributed by atoms with Gasteiger partial charge in [-0.25, -0.2) is 0 Å². The number of anilines is 1. The predicted molar refractivity (Wildman–Crippen MR) is 96.9 cm³/mol. The number of hydrogen-bond acceptors (Lipinski definition) is 5. The second kappa shape index (κ2) is 6.64. The standard InChI is InChI=1S/C18H20ClN3O4/c1-9(2)26-17-11(5-6-13(19)21-17)20-15(23)10-8-25-12-7-18(3,4)22-16(24)14(10)12/h5-6,8-9H,7H2,1-4H3,(H,20,23)(H,22,24). The topological polar surface area (TPSA) is 93.5 Å². The lowest BCUT2D eigenvalue weighted by molar-refractivity contribution is 0.0882. The van der Waals surface area contributed by atoms with E-state index >= 15 is 0 Å². The molecular weight excluding hydrogens is 358 g/mol. The highest BCUT2D eigenvalue weighted by molar-refractivity contribution is 6.29. The Bertz CT molecular complexity index is 873. The van der Waals surface area contributed by atoms with Crippen LogP contribution in [0.4, 0.5) is 5.69 Å². The van der Waals surface area contributed by atoms with Crippen LogP contribution >= 0.6 is 11.6 Å². The minimum Gasteiger partial charge on any atom is -0.473 e. The Kier molecular flexibility index (Phi) is 4.66. The zero-order valence-electron chi connectivity index (χ0n) is 15.0. The molecule has 2 aromatic heterocycles. The lowest BCUT2D eigenvalue weighted by Crippen LogP contribution is -2.49. The van der Waals surface area contributed by atoms with Crippen LogP contribution in [0, 0.1) is 0 Å². The summed E-state index contributed by atoms with van der Waals surface area (Å²) in [6, 6.07) is 3.14. The zero-order valence-corrected chi connectivity index (χ0v) is 15.7. The van der Waals surface area contributed by atoms with Gasteiger partial charge in [0.25, 0.3) is 11.8 Å². The summed E-state index contributed by atoms with van der Waals surface area (Å²) in [7, 11) is 0. The van der Waals surface area contributed by atoms with Gasteiger partial charge in [-0.05, 0) is 39.8 Å². The van der Waals surface area contributed by atoms with E-state index in [0.29, 0.717) is 17.9 Å². The molecule has 0 saturated heterocycles. The zero-order chi connectivity index (χ0) is 19.1. The van der Waals surface area contributed by atoms with Crippen molar-refractivity contribution in [2.75, 3.05) is 5.32 Å². The molecule has 8 heteroatoms. The largest absolute Gasteiger partial charge is 0.473 e. The predicted octanol–water partition coefficient (Wildman–Crippen LogP) is 3.43. The number of furan rings is 1. The molecule has 7 nitrogen and oxygen atoms in total. The molecule has 0 aliphatic carbocycles. The van der Waals surface area contributed by atoms with Crippen molar-refractivity contribution < 1.29 is 18.7 Å². The Morgan fingerprint density at radius 2 is 2.15 bits per heavy atom. The van der Waals surface area contributed by atoms with Gasteiger partial charge < -0.3 is 19.8 Å². The van der Waals surface area contributed by atoms with E-state index in [1.54, 1.807) is 12.1 Å². The van der Waals surface area contributed by atoms with E-state index < -0.39 is 11.4 Å². The second-order valence-corrected chi connectivity index (χ2v) is 7.46. The number of nitrogens with zero attached hydrogens (tertiary/aromatic N) is 1. The summed E-state index contributed by atoms with van der Waals surface area (Å²) < 4.78 is 11.1. The Balaban J connectivity index is 1.89. The lowest BCUT2D eigenvalue weighted by atomic mass is 9.91. The number of amides is 2. The van der Waals surface area contributed by atoms with Crippen LogP contribution in [0.2, 0.25) is 5.15 Å². The molecule has 26 heavy (non-hydrogen) atoms. The van der Waals surface area contributed by atoms with E-state index in [2.05, 4.69) is 15.6 Å². The molecule has 0 saturated carbocycles. The molecule has 2 amide bonds. The minimum absolute atomic E-state index is 0.147. The van der Waals surface area contributed by atoms with Gasteiger partial charge in [0.1, 0.15) is 22.9 Å². The van der Waals surface area contributed by atoms with Crippen molar-refractivity contribution in [3.05, 3.63) is 40.4 Å². The summed E-state index contributed by atoms with van der Waals surface area (Å²) in [5, 5.41) is 5.83. The molecule has 2 N–H and O–H groups in total. The maximum Gasteiger partial charge on any atom is 0.259 e. The average Bonchev–Trinajstić information content (AvgIpc) is 2.92. The summed E-state index contributed by atoms with van der Waals surface area (Å²) in [4.78, 5) is 29.2. The van der Waals surface area contributed by atoms with E-state index in [1.807, 2.05) is 27.7 Å². The molecule has 3 rings (SSSR count). The van der Waals surface area contributed by atoms with Crippen molar-refractivity contribution in [2.24, 2.45) is 0 Å². The maximum atomic E-state index is 12.7. The molecule has 138 valence electrons. The summed E-state index contributed by atoms with van der Waals surface area (Å²) in [5.41, 5.74) is 0.363. The molecule has 1 aliphatic rings. The summed E-state index contributed by atoms with van der Waals surface area (Å²) in [6.45, 7) is 7.47. The monoisotopic (exact) mass is 377 g/mol. The normalized spacial score (nSPS) is 15.4. The van der Waals surface area contributed by atoms with Crippen molar-refractivity contribution in [3.63, 3.8) is 0 Å². The van der Waals surface area contributed by atoms with E-state index in [9.17, 15) is 9.59 Å². The van der Waals surface area contributed by atoms with E-state index in [0.717, 1.165) is 0 Å². The minimum atomic E-state index is -0.484. The highest BCUT2D eigenvalue weighted by Crippen LogP contribution is 2.30. The first-order valence-corrected chi connectivity index (χ1v) is 8.61. The first kappa shape index (κ1) is 18.3. The number of hydrogen-bond donors (Lipinski definition) is 2. The lowest BCUT2D eigenvalue weighted by Gasteiger charge is -2.29. The van der Waals surface area contributed by atoms with Crippen LogP contribution in [-0.2, 0) is 6.42 Å². The third-order valence-electron chi connectivity index (χ3n) is 3.82. The third-order valence-corrected chi connectivity index (χ3v) is 4.03. The van der Waals surface area contributed by atoms with E-state index in [1.165, 1.54) is 6.26 Å². The van der Waals surface area contributed by atoms with Crippen LogP contribution in [0.5, 0.6) is 5.88 Å². The fourth-order valence-electron chi connectivity index (χ4n) is 2.78. The maximum absolute atomic E-state index is 12.7. The molecular formula is C18H20ClN3O4. The van der Waals surface area contributed by atoms with Gasteiger partial charge in [0.2, 0.25) is 5.88 Å². The quantitative estimate of drug-likeness (QED) is 0.796. The smallest absolute Gasteiger partial charge is 0.259 e. The molecule has 0 aromatic carbocycles. The van der Waals surface area contributed by atoms with Crippen LogP contribution in [0.1, 0.15) is 54.2 Å². The number of carbonyl (C=O) groups excluding carboxylic acids is 2. The first-order chi connectivity index (χ1) is 12.2. The van der Waals surface area contributed by atoms with Crippen molar-refractivity contribution in [3.8, 4) is 5.88 Å². The van der Waals surface area contributed by atoms with Gasteiger partial charge in [-0.1, -0.05) is 11.6 Å². The van der Waals surface area contributed by atoms with Gasteiger partial charge in [-0.3, -0.25) is 9.59 Å². The van der Waals surface area contributed by atoms with Crippen molar-refractivity contribution in [1.82, 2.24) is 10.3 Å². The van der Waals surface area contributed by atoms with Crippen LogP contribution in [0.15, 0.2) is 22.8 Å². The summed E-state index contributed by atoms with van der Waals surface area (Å²) in [6.07, 6.45) is 1.66. The number of carbonyl (C=O) groups is 2. The molecule has 1 aliphatic heterocycles. The van der Waals surface area contributed by atoms with Crippen molar-refractivity contribution in [2.45, 2.75) is 45.8 Å². The van der Waals surface area contributed by atoms with Crippen LogP contribution in [0.3, 0.4) is 0 Å². The highest BCUT2D eigenvalue weighted by Gasteiger charge is 2.36. The summed E-state index contributed by atoms with van der Waals surface area (Å²) in [5.74, 6) is -0.105. The van der Waals surface area contributed by atoms with Gasteiger partial charge >= 0.3 is 0 Å².